The maximum Gasteiger partial charge on any atom is 0.0349 e. The summed E-state index contributed by atoms with van der Waals surface area (Å²) in [6.45, 7) is 4.57. The molecular formula is C20H27N3. The standard InChI is InChI=1S/C20H27N3/c1-2-23(14-4-5-16-10-12-22-13-11-16)18-8-9-19-17(15-18)6-3-7-20(19)21/h3,6-7,10-13,18H,2,4-5,8-9,14-15,21H2,1H3. The van der Waals surface area contributed by atoms with E-state index in [1.54, 1.807) is 0 Å². The number of hydrogen-bond donors (Lipinski definition) is 1. The minimum atomic E-state index is 0.659. The molecule has 1 unspecified atom stereocenters. The number of nitrogens with zero attached hydrogens (tertiary/aromatic N) is 2. The summed E-state index contributed by atoms with van der Waals surface area (Å²) in [5.74, 6) is 0. The molecular weight excluding hydrogens is 282 g/mol. The van der Waals surface area contributed by atoms with Crippen LogP contribution in [0.15, 0.2) is 42.7 Å². The van der Waals surface area contributed by atoms with Crippen molar-refractivity contribution in [3.05, 3.63) is 59.4 Å². The van der Waals surface area contributed by atoms with Crippen LogP contribution in [0.3, 0.4) is 0 Å². The predicted octanol–water partition coefficient (Wildman–Crippen LogP) is 3.48. The van der Waals surface area contributed by atoms with E-state index in [2.05, 4.69) is 41.1 Å². The van der Waals surface area contributed by atoms with Gasteiger partial charge in [-0.25, -0.2) is 0 Å². The zero-order chi connectivity index (χ0) is 16.1. The maximum absolute atomic E-state index is 6.12. The Morgan fingerprint density at radius 1 is 1.22 bits per heavy atom. The number of pyridine rings is 1. The fourth-order valence-electron chi connectivity index (χ4n) is 3.76. The first-order valence-electron chi connectivity index (χ1n) is 8.77. The van der Waals surface area contributed by atoms with Gasteiger partial charge in [-0.1, -0.05) is 19.1 Å². The molecule has 0 saturated carbocycles. The van der Waals surface area contributed by atoms with Gasteiger partial charge in [0.05, 0.1) is 0 Å². The van der Waals surface area contributed by atoms with Gasteiger partial charge < -0.3 is 10.6 Å². The van der Waals surface area contributed by atoms with Gasteiger partial charge in [0.1, 0.15) is 0 Å². The molecule has 2 N–H and O–H groups in total. The van der Waals surface area contributed by atoms with E-state index in [4.69, 9.17) is 5.73 Å². The van der Waals surface area contributed by atoms with Crippen LogP contribution in [0.5, 0.6) is 0 Å². The van der Waals surface area contributed by atoms with Gasteiger partial charge in [0.15, 0.2) is 0 Å². The molecule has 0 amide bonds. The Hall–Kier alpha value is -1.87. The number of benzene rings is 1. The smallest absolute Gasteiger partial charge is 0.0349 e. The molecule has 0 bridgehead atoms. The van der Waals surface area contributed by atoms with Crippen molar-refractivity contribution < 1.29 is 0 Å². The monoisotopic (exact) mass is 309 g/mol. The average molecular weight is 309 g/mol. The summed E-state index contributed by atoms with van der Waals surface area (Å²) < 4.78 is 0. The average Bonchev–Trinajstić information content (AvgIpc) is 2.60. The first-order valence-corrected chi connectivity index (χ1v) is 8.77. The quantitative estimate of drug-likeness (QED) is 0.831. The number of anilines is 1. The van der Waals surface area contributed by atoms with Crippen LogP contribution >= 0.6 is 0 Å². The van der Waals surface area contributed by atoms with Crippen molar-refractivity contribution in [3.8, 4) is 0 Å². The zero-order valence-corrected chi connectivity index (χ0v) is 14.0. The summed E-state index contributed by atoms with van der Waals surface area (Å²) in [4.78, 5) is 6.73. The van der Waals surface area contributed by atoms with E-state index < -0.39 is 0 Å². The van der Waals surface area contributed by atoms with E-state index in [9.17, 15) is 0 Å². The molecule has 3 rings (SSSR count). The molecule has 1 aliphatic carbocycles. The van der Waals surface area contributed by atoms with Gasteiger partial charge in [0, 0.05) is 24.1 Å². The molecule has 0 fully saturated rings. The van der Waals surface area contributed by atoms with Crippen molar-refractivity contribution in [2.45, 2.75) is 45.1 Å². The van der Waals surface area contributed by atoms with Crippen LogP contribution in [0.4, 0.5) is 5.69 Å². The van der Waals surface area contributed by atoms with Crippen LogP contribution in [0.2, 0.25) is 0 Å². The van der Waals surface area contributed by atoms with E-state index in [1.807, 2.05) is 18.5 Å². The Kier molecular flexibility index (Phi) is 5.29. The summed E-state index contributed by atoms with van der Waals surface area (Å²) in [6.07, 6.45) is 9.60. The Morgan fingerprint density at radius 2 is 2.04 bits per heavy atom. The van der Waals surface area contributed by atoms with E-state index in [-0.39, 0.29) is 0 Å². The molecule has 1 heterocycles. The number of hydrogen-bond acceptors (Lipinski definition) is 3. The van der Waals surface area contributed by atoms with Gasteiger partial charge in [-0.05, 0) is 80.1 Å². The molecule has 0 spiro atoms. The van der Waals surface area contributed by atoms with Crippen molar-refractivity contribution in [1.82, 2.24) is 9.88 Å². The van der Waals surface area contributed by atoms with Gasteiger partial charge >= 0.3 is 0 Å². The van der Waals surface area contributed by atoms with Crippen LogP contribution in [0.25, 0.3) is 0 Å². The van der Waals surface area contributed by atoms with E-state index in [1.165, 1.54) is 36.1 Å². The molecule has 3 nitrogen and oxygen atoms in total. The van der Waals surface area contributed by atoms with Crippen molar-refractivity contribution in [2.24, 2.45) is 0 Å². The minimum absolute atomic E-state index is 0.659. The molecule has 122 valence electrons. The predicted molar refractivity (Wildman–Crippen MR) is 96.5 cm³/mol. The fourth-order valence-corrected chi connectivity index (χ4v) is 3.76. The van der Waals surface area contributed by atoms with Gasteiger partial charge in [-0.3, -0.25) is 4.98 Å². The van der Waals surface area contributed by atoms with Crippen molar-refractivity contribution >= 4 is 5.69 Å². The van der Waals surface area contributed by atoms with Crippen LogP contribution in [-0.4, -0.2) is 29.0 Å². The summed E-state index contributed by atoms with van der Waals surface area (Å²) in [7, 11) is 0. The number of rotatable bonds is 6. The normalized spacial score (nSPS) is 17.2. The molecule has 2 aromatic rings. The number of aryl methyl sites for hydroxylation is 1. The molecule has 0 saturated heterocycles. The summed E-state index contributed by atoms with van der Waals surface area (Å²) >= 11 is 0. The maximum atomic E-state index is 6.12. The van der Waals surface area contributed by atoms with Gasteiger partial charge in [0.25, 0.3) is 0 Å². The van der Waals surface area contributed by atoms with Crippen LogP contribution in [-0.2, 0) is 19.3 Å². The largest absolute Gasteiger partial charge is 0.398 e. The lowest BCUT2D eigenvalue weighted by Crippen LogP contribution is -2.40. The molecule has 1 atom stereocenters. The number of fused-ring (bicyclic) bond motifs is 1. The lowest BCUT2D eigenvalue weighted by atomic mass is 9.86. The Morgan fingerprint density at radius 3 is 2.83 bits per heavy atom. The highest BCUT2D eigenvalue weighted by atomic mass is 15.1. The Bertz CT molecular complexity index is 624. The van der Waals surface area contributed by atoms with Gasteiger partial charge in [-0.15, -0.1) is 0 Å². The lowest BCUT2D eigenvalue weighted by molar-refractivity contribution is 0.187. The first-order chi connectivity index (χ1) is 11.3. The highest BCUT2D eigenvalue weighted by Crippen LogP contribution is 2.28. The van der Waals surface area contributed by atoms with Crippen molar-refractivity contribution in [2.75, 3.05) is 18.8 Å². The van der Waals surface area contributed by atoms with Crippen molar-refractivity contribution in [1.29, 1.82) is 0 Å². The Labute approximate surface area is 139 Å². The second-order valence-corrected chi connectivity index (χ2v) is 6.47. The first kappa shape index (κ1) is 16.0. The molecule has 0 aliphatic heterocycles. The van der Waals surface area contributed by atoms with E-state index >= 15 is 0 Å². The van der Waals surface area contributed by atoms with Crippen LogP contribution < -0.4 is 5.73 Å². The summed E-state index contributed by atoms with van der Waals surface area (Å²) in [5, 5.41) is 0. The topological polar surface area (TPSA) is 42.2 Å². The molecule has 1 aliphatic rings. The SMILES string of the molecule is CCN(CCCc1ccncc1)C1CCc2c(N)cccc2C1. The van der Waals surface area contributed by atoms with Crippen LogP contribution in [0, 0.1) is 0 Å². The van der Waals surface area contributed by atoms with Gasteiger partial charge in [0.2, 0.25) is 0 Å². The van der Waals surface area contributed by atoms with E-state index in [0.717, 1.165) is 31.5 Å². The summed E-state index contributed by atoms with van der Waals surface area (Å²) in [5.41, 5.74) is 11.3. The van der Waals surface area contributed by atoms with Gasteiger partial charge in [-0.2, -0.15) is 0 Å². The number of nitrogens with two attached hydrogens (primary N) is 1. The van der Waals surface area contributed by atoms with Crippen molar-refractivity contribution in [3.63, 3.8) is 0 Å². The molecule has 1 aromatic carbocycles. The second kappa shape index (κ2) is 7.60. The third-order valence-electron chi connectivity index (χ3n) is 5.08. The fraction of sp³-hybridized carbons (Fsp3) is 0.450. The molecule has 3 heteroatoms. The second-order valence-electron chi connectivity index (χ2n) is 6.47. The lowest BCUT2D eigenvalue weighted by Gasteiger charge is -2.35. The zero-order valence-electron chi connectivity index (χ0n) is 14.0. The third-order valence-corrected chi connectivity index (χ3v) is 5.08. The molecule has 0 radical (unpaired) electrons. The number of aromatic nitrogens is 1. The Balaban J connectivity index is 1.57. The highest BCUT2D eigenvalue weighted by Gasteiger charge is 2.24. The van der Waals surface area contributed by atoms with E-state index in [0.29, 0.717) is 6.04 Å². The third kappa shape index (κ3) is 3.91. The van der Waals surface area contributed by atoms with Crippen LogP contribution in [0.1, 0.15) is 36.5 Å². The summed E-state index contributed by atoms with van der Waals surface area (Å²) in [6, 6.07) is 11.3. The minimum Gasteiger partial charge on any atom is -0.398 e. The number of nitrogen functional groups attached to an aromatic ring is 1. The highest BCUT2D eigenvalue weighted by molar-refractivity contribution is 5.52. The molecule has 23 heavy (non-hydrogen) atoms. The molecule has 1 aromatic heterocycles. The number of likely N-dealkylation sites (N-methyl/N-ethyl adjacent to an activating group) is 1.